The van der Waals surface area contributed by atoms with Gasteiger partial charge >= 0.3 is 0 Å². The van der Waals surface area contributed by atoms with Gasteiger partial charge in [0.2, 0.25) is 0 Å². The average molecular weight is 291 g/mol. The van der Waals surface area contributed by atoms with Crippen LogP contribution in [0.3, 0.4) is 0 Å². The molecule has 0 heterocycles. The van der Waals surface area contributed by atoms with Crippen LogP contribution in [0.2, 0.25) is 0 Å². The Bertz CT molecular complexity index is 484. The van der Waals surface area contributed by atoms with E-state index in [1.807, 2.05) is 12.1 Å². The molecule has 0 amide bonds. The van der Waals surface area contributed by atoms with Crippen LogP contribution in [0.15, 0.2) is 29.8 Å². The highest BCUT2D eigenvalue weighted by Crippen LogP contribution is 2.32. The van der Waals surface area contributed by atoms with Crippen molar-refractivity contribution in [1.29, 1.82) is 0 Å². The van der Waals surface area contributed by atoms with Crippen LogP contribution in [0.4, 0.5) is 4.39 Å². The molecule has 0 fully saturated rings. The van der Waals surface area contributed by atoms with Crippen molar-refractivity contribution >= 4 is 0 Å². The molecule has 1 aromatic rings. The fourth-order valence-electron chi connectivity index (χ4n) is 2.90. The van der Waals surface area contributed by atoms with Gasteiger partial charge in [-0.1, -0.05) is 31.1 Å². The van der Waals surface area contributed by atoms with E-state index in [-0.39, 0.29) is 11.9 Å². The third-order valence-corrected chi connectivity index (χ3v) is 4.06. The van der Waals surface area contributed by atoms with E-state index in [9.17, 15) is 4.39 Å². The topological polar surface area (TPSA) is 21.3 Å². The number of benzene rings is 1. The molecule has 0 bridgehead atoms. The Labute approximate surface area is 127 Å². The Morgan fingerprint density at radius 3 is 2.86 bits per heavy atom. The largest absolute Gasteiger partial charge is 0.497 e. The maximum absolute atomic E-state index is 14.4. The zero-order chi connectivity index (χ0) is 15.1. The number of halogens is 1. The second kappa shape index (κ2) is 8.18. The standard InChI is InChI=1S/C18H26FNO/c1-3-12-20-18(14-8-6-4-5-7-9-14)16-11-10-15(21-2)13-17(16)19/h8,10-11,13,18,20H,3-7,9,12H2,1-2H3. The molecule has 1 aliphatic carbocycles. The van der Waals surface area contributed by atoms with Gasteiger partial charge < -0.3 is 10.1 Å². The van der Waals surface area contributed by atoms with E-state index >= 15 is 0 Å². The van der Waals surface area contributed by atoms with Gasteiger partial charge in [-0.05, 0) is 44.7 Å². The Kier molecular flexibility index (Phi) is 6.24. The van der Waals surface area contributed by atoms with Crippen LogP contribution in [-0.2, 0) is 0 Å². The molecule has 0 aromatic heterocycles. The Morgan fingerprint density at radius 1 is 1.29 bits per heavy atom. The van der Waals surface area contributed by atoms with Gasteiger partial charge in [-0.3, -0.25) is 0 Å². The minimum Gasteiger partial charge on any atom is -0.497 e. The molecule has 0 radical (unpaired) electrons. The van der Waals surface area contributed by atoms with Crippen LogP contribution in [0.5, 0.6) is 5.75 Å². The Hall–Kier alpha value is -1.35. The van der Waals surface area contributed by atoms with Gasteiger partial charge in [0.05, 0.1) is 13.2 Å². The number of allylic oxidation sites excluding steroid dienone is 1. The maximum Gasteiger partial charge on any atom is 0.132 e. The highest BCUT2D eigenvalue weighted by atomic mass is 19.1. The summed E-state index contributed by atoms with van der Waals surface area (Å²) in [6.07, 6.45) is 9.24. The van der Waals surface area contributed by atoms with Gasteiger partial charge in [-0.25, -0.2) is 4.39 Å². The van der Waals surface area contributed by atoms with Crippen LogP contribution >= 0.6 is 0 Å². The van der Waals surface area contributed by atoms with E-state index in [1.165, 1.54) is 30.9 Å². The van der Waals surface area contributed by atoms with E-state index in [2.05, 4.69) is 18.3 Å². The SMILES string of the molecule is CCCNC(C1=CCCCCC1)c1ccc(OC)cc1F. The summed E-state index contributed by atoms with van der Waals surface area (Å²) in [6.45, 7) is 3.03. The quantitative estimate of drug-likeness (QED) is 0.763. The van der Waals surface area contributed by atoms with Gasteiger partial charge in [-0.15, -0.1) is 0 Å². The van der Waals surface area contributed by atoms with Crippen molar-refractivity contribution in [3.05, 3.63) is 41.2 Å². The van der Waals surface area contributed by atoms with Crippen LogP contribution in [0.25, 0.3) is 0 Å². The predicted octanol–water partition coefficient (Wildman–Crippen LogP) is 4.77. The van der Waals surface area contributed by atoms with Crippen LogP contribution < -0.4 is 10.1 Å². The first-order valence-electron chi connectivity index (χ1n) is 8.02. The lowest BCUT2D eigenvalue weighted by molar-refractivity contribution is 0.409. The van der Waals surface area contributed by atoms with E-state index < -0.39 is 0 Å². The average Bonchev–Trinajstić information content (AvgIpc) is 2.78. The molecule has 1 N–H and O–H groups in total. The summed E-state index contributed by atoms with van der Waals surface area (Å²) in [4.78, 5) is 0. The summed E-state index contributed by atoms with van der Waals surface area (Å²) in [6, 6.07) is 5.17. The van der Waals surface area contributed by atoms with Crippen LogP contribution in [-0.4, -0.2) is 13.7 Å². The molecule has 2 nitrogen and oxygen atoms in total. The Morgan fingerprint density at radius 2 is 2.14 bits per heavy atom. The maximum atomic E-state index is 14.4. The number of methoxy groups -OCH3 is 1. The van der Waals surface area contributed by atoms with Gasteiger partial charge in [-0.2, -0.15) is 0 Å². The van der Waals surface area contributed by atoms with Gasteiger partial charge in [0.1, 0.15) is 11.6 Å². The fraction of sp³-hybridized carbons (Fsp3) is 0.556. The van der Waals surface area contributed by atoms with Crippen molar-refractivity contribution in [2.75, 3.05) is 13.7 Å². The smallest absolute Gasteiger partial charge is 0.132 e. The monoisotopic (exact) mass is 291 g/mol. The fourth-order valence-corrected chi connectivity index (χ4v) is 2.90. The van der Waals surface area contributed by atoms with Crippen molar-refractivity contribution in [2.45, 2.75) is 51.5 Å². The minimum absolute atomic E-state index is 0.00560. The van der Waals surface area contributed by atoms with Crippen molar-refractivity contribution in [3.8, 4) is 5.75 Å². The zero-order valence-electron chi connectivity index (χ0n) is 13.1. The lowest BCUT2D eigenvalue weighted by Crippen LogP contribution is -2.25. The number of ether oxygens (including phenoxy) is 1. The molecular formula is C18H26FNO. The molecule has 0 saturated heterocycles. The molecular weight excluding hydrogens is 265 g/mol. The molecule has 1 aromatic carbocycles. The van der Waals surface area contributed by atoms with Crippen molar-refractivity contribution in [3.63, 3.8) is 0 Å². The lowest BCUT2D eigenvalue weighted by atomic mass is 9.94. The normalized spacial score (nSPS) is 17.0. The molecule has 21 heavy (non-hydrogen) atoms. The predicted molar refractivity (Wildman–Crippen MR) is 85.2 cm³/mol. The van der Waals surface area contributed by atoms with Gasteiger partial charge in [0.25, 0.3) is 0 Å². The second-order valence-corrected chi connectivity index (χ2v) is 5.65. The van der Waals surface area contributed by atoms with Crippen LogP contribution in [0.1, 0.15) is 57.1 Å². The first-order chi connectivity index (χ1) is 10.3. The second-order valence-electron chi connectivity index (χ2n) is 5.65. The summed E-state index contributed by atoms with van der Waals surface area (Å²) in [7, 11) is 1.56. The summed E-state index contributed by atoms with van der Waals surface area (Å²) in [5, 5.41) is 3.51. The van der Waals surface area contributed by atoms with E-state index in [0.29, 0.717) is 5.75 Å². The molecule has 1 aliphatic rings. The highest BCUT2D eigenvalue weighted by Gasteiger charge is 2.20. The van der Waals surface area contributed by atoms with Crippen LogP contribution in [0, 0.1) is 5.82 Å². The number of hydrogen-bond donors (Lipinski definition) is 1. The summed E-state index contributed by atoms with van der Waals surface area (Å²) in [5.74, 6) is 0.383. The van der Waals surface area contributed by atoms with Crippen molar-refractivity contribution in [1.82, 2.24) is 5.32 Å². The van der Waals surface area contributed by atoms with E-state index in [1.54, 1.807) is 7.11 Å². The van der Waals surface area contributed by atoms with Crippen molar-refractivity contribution < 1.29 is 9.13 Å². The number of hydrogen-bond acceptors (Lipinski definition) is 2. The van der Waals surface area contributed by atoms with E-state index in [0.717, 1.165) is 31.4 Å². The third-order valence-electron chi connectivity index (χ3n) is 4.06. The molecule has 1 atom stereocenters. The summed E-state index contributed by atoms with van der Waals surface area (Å²) < 4.78 is 19.5. The minimum atomic E-state index is -0.187. The first-order valence-corrected chi connectivity index (χ1v) is 8.02. The summed E-state index contributed by atoms with van der Waals surface area (Å²) in [5.41, 5.74) is 2.07. The number of rotatable bonds is 6. The highest BCUT2D eigenvalue weighted by molar-refractivity contribution is 5.35. The molecule has 0 aliphatic heterocycles. The Balaban J connectivity index is 2.28. The van der Waals surface area contributed by atoms with Gasteiger partial charge in [0, 0.05) is 11.6 Å². The number of nitrogens with one attached hydrogen (secondary N) is 1. The first kappa shape index (κ1) is 16.0. The zero-order valence-corrected chi connectivity index (χ0v) is 13.1. The molecule has 0 saturated carbocycles. The van der Waals surface area contributed by atoms with Gasteiger partial charge in [0.15, 0.2) is 0 Å². The molecule has 2 rings (SSSR count). The molecule has 3 heteroatoms. The summed E-state index contributed by atoms with van der Waals surface area (Å²) >= 11 is 0. The third kappa shape index (κ3) is 4.31. The van der Waals surface area contributed by atoms with Crippen molar-refractivity contribution in [2.24, 2.45) is 0 Å². The lowest BCUT2D eigenvalue weighted by Gasteiger charge is -2.23. The molecule has 1 unspecified atom stereocenters. The molecule has 0 spiro atoms. The molecule has 116 valence electrons. The van der Waals surface area contributed by atoms with E-state index in [4.69, 9.17) is 4.74 Å².